The summed E-state index contributed by atoms with van der Waals surface area (Å²) in [4.78, 5) is 11.5. The first-order valence-corrected chi connectivity index (χ1v) is 5.73. The molecule has 0 unspecified atom stereocenters. The SMILES string of the molecule is CCCOCC(=O)NC(CC)(CC)CN.Cl. The molecule has 16 heavy (non-hydrogen) atoms. The van der Waals surface area contributed by atoms with Crippen LogP contribution < -0.4 is 11.1 Å². The van der Waals surface area contributed by atoms with Crippen LogP contribution in [0.2, 0.25) is 0 Å². The summed E-state index contributed by atoms with van der Waals surface area (Å²) < 4.78 is 5.17. The van der Waals surface area contributed by atoms with E-state index in [1.54, 1.807) is 0 Å². The Balaban J connectivity index is 0. The molecule has 0 aromatic heterocycles. The molecule has 0 aromatic rings. The second-order valence-electron chi connectivity index (χ2n) is 3.79. The molecule has 0 aliphatic heterocycles. The molecule has 0 aliphatic rings. The highest BCUT2D eigenvalue weighted by molar-refractivity contribution is 5.85. The summed E-state index contributed by atoms with van der Waals surface area (Å²) in [5, 5.41) is 2.95. The average molecular weight is 253 g/mol. The Hall–Kier alpha value is -0.320. The van der Waals surface area contributed by atoms with Crippen molar-refractivity contribution in [3.05, 3.63) is 0 Å². The lowest BCUT2D eigenvalue weighted by Gasteiger charge is -2.31. The summed E-state index contributed by atoms with van der Waals surface area (Å²) >= 11 is 0. The maximum atomic E-state index is 11.5. The van der Waals surface area contributed by atoms with Crippen molar-refractivity contribution in [2.45, 2.75) is 45.6 Å². The predicted octanol–water partition coefficient (Wildman–Crippen LogP) is 1.47. The van der Waals surface area contributed by atoms with E-state index in [1.807, 2.05) is 20.8 Å². The molecule has 0 bridgehead atoms. The van der Waals surface area contributed by atoms with Crippen LogP contribution in [0.15, 0.2) is 0 Å². The Labute approximate surface area is 105 Å². The highest BCUT2D eigenvalue weighted by atomic mass is 35.5. The van der Waals surface area contributed by atoms with E-state index < -0.39 is 0 Å². The van der Waals surface area contributed by atoms with E-state index in [2.05, 4.69) is 5.32 Å². The third-order valence-corrected chi connectivity index (χ3v) is 2.73. The van der Waals surface area contributed by atoms with Crippen molar-refractivity contribution in [2.24, 2.45) is 5.73 Å². The molecule has 5 heteroatoms. The number of rotatable bonds is 8. The number of hydrogen-bond donors (Lipinski definition) is 2. The molecule has 3 N–H and O–H groups in total. The number of ether oxygens (including phenoxy) is 1. The van der Waals surface area contributed by atoms with Gasteiger partial charge in [0.2, 0.25) is 5.91 Å². The minimum Gasteiger partial charge on any atom is -0.372 e. The lowest BCUT2D eigenvalue weighted by Crippen LogP contribution is -2.53. The summed E-state index contributed by atoms with van der Waals surface area (Å²) in [5.74, 6) is -0.0717. The van der Waals surface area contributed by atoms with Crippen LogP contribution in [0.1, 0.15) is 40.0 Å². The smallest absolute Gasteiger partial charge is 0.246 e. The molecule has 0 rings (SSSR count). The van der Waals surface area contributed by atoms with Gasteiger partial charge >= 0.3 is 0 Å². The van der Waals surface area contributed by atoms with Gasteiger partial charge in [0, 0.05) is 13.2 Å². The molecule has 4 nitrogen and oxygen atoms in total. The van der Waals surface area contributed by atoms with Crippen molar-refractivity contribution in [1.82, 2.24) is 5.32 Å². The van der Waals surface area contributed by atoms with Gasteiger partial charge in [-0.3, -0.25) is 4.79 Å². The molecule has 0 saturated heterocycles. The number of carbonyl (C=O) groups is 1. The number of halogens is 1. The first-order valence-electron chi connectivity index (χ1n) is 5.73. The van der Waals surface area contributed by atoms with Crippen LogP contribution in [-0.2, 0) is 9.53 Å². The molecule has 0 spiro atoms. The van der Waals surface area contributed by atoms with Gasteiger partial charge in [-0.25, -0.2) is 0 Å². The van der Waals surface area contributed by atoms with Gasteiger partial charge in [0.25, 0.3) is 0 Å². The Morgan fingerprint density at radius 1 is 1.31 bits per heavy atom. The highest BCUT2D eigenvalue weighted by Crippen LogP contribution is 2.12. The van der Waals surface area contributed by atoms with Crippen molar-refractivity contribution < 1.29 is 9.53 Å². The quantitative estimate of drug-likeness (QED) is 0.643. The topological polar surface area (TPSA) is 64.3 Å². The maximum Gasteiger partial charge on any atom is 0.246 e. The van der Waals surface area contributed by atoms with Crippen LogP contribution >= 0.6 is 12.4 Å². The molecule has 0 heterocycles. The second kappa shape index (κ2) is 9.87. The van der Waals surface area contributed by atoms with Crippen LogP contribution in [0.4, 0.5) is 0 Å². The van der Waals surface area contributed by atoms with Crippen molar-refractivity contribution in [3.63, 3.8) is 0 Å². The summed E-state index contributed by atoms with van der Waals surface area (Å²) in [7, 11) is 0. The standard InChI is InChI=1S/C11H24N2O2.ClH/c1-4-7-15-8-10(14)13-11(5-2,6-3)9-12;/h4-9,12H2,1-3H3,(H,13,14);1H. The second-order valence-corrected chi connectivity index (χ2v) is 3.79. The van der Waals surface area contributed by atoms with Gasteiger partial charge in [-0.1, -0.05) is 20.8 Å². The molecule has 0 saturated carbocycles. The van der Waals surface area contributed by atoms with Gasteiger partial charge in [0.15, 0.2) is 0 Å². The van der Waals surface area contributed by atoms with Crippen LogP contribution in [0.3, 0.4) is 0 Å². The maximum absolute atomic E-state index is 11.5. The van der Waals surface area contributed by atoms with Gasteiger partial charge in [-0.15, -0.1) is 12.4 Å². The number of amides is 1. The van der Waals surface area contributed by atoms with Gasteiger partial charge in [-0.05, 0) is 19.3 Å². The third kappa shape index (κ3) is 6.30. The average Bonchev–Trinajstić information content (AvgIpc) is 2.26. The summed E-state index contributed by atoms with van der Waals surface area (Å²) in [6.45, 7) is 7.31. The Morgan fingerprint density at radius 3 is 2.25 bits per heavy atom. The third-order valence-electron chi connectivity index (χ3n) is 2.73. The molecule has 0 aromatic carbocycles. The Morgan fingerprint density at radius 2 is 1.88 bits per heavy atom. The monoisotopic (exact) mass is 252 g/mol. The van der Waals surface area contributed by atoms with Crippen molar-refractivity contribution in [3.8, 4) is 0 Å². The zero-order chi connectivity index (χ0) is 11.7. The number of hydrogen-bond acceptors (Lipinski definition) is 3. The molecule has 0 radical (unpaired) electrons. The van der Waals surface area contributed by atoms with Crippen molar-refractivity contribution >= 4 is 18.3 Å². The number of carbonyl (C=O) groups excluding carboxylic acids is 1. The van der Waals surface area contributed by atoms with E-state index in [9.17, 15) is 4.79 Å². The van der Waals surface area contributed by atoms with Crippen LogP contribution in [0.5, 0.6) is 0 Å². The zero-order valence-corrected chi connectivity index (χ0v) is 11.4. The van der Waals surface area contributed by atoms with Gasteiger partial charge < -0.3 is 15.8 Å². The minimum absolute atomic E-state index is 0. The van der Waals surface area contributed by atoms with E-state index in [0.29, 0.717) is 13.2 Å². The lowest BCUT2D eigenvalue weighted by atomic mass is 9.93. The fourth-order valence-corrected chi connectivity index (χ4v) is 1.41. The molecule has 0 aliphatic carbocycles. The number of nitrogens with one attached hydrogen (secondary N) is 1. The van der Waals surface area contributed by atoms with Gasteiger partial charge in [0.05, 0.1) is 5.54 Å². The molecule has 0 atom stereocenters. The zero-order valence-electron chi connectivity index (χ0n) is 10.5. The molecule has 1 amide bonds. The molecule has 0 fully saturated rings. The normalized spacial score (nSPS) is 10.8. The van der Waals surface area contributed by atoms with E-state index in [0.717, 1.165) is 19.3 Å². The number of nitrogens with two attached hydrogens (primary N) is 1. The van der Waals surface area contributed by atoms with Crippen LogP contribution in [-0.4, -0.2) is 31.2 Å². The molecular weight excluding hydrogens is 228 g/mol. The van der Waals surface area contributed by atoms with Crippen molar-refractivity contribution in [1.29, 1.82) is 0 Å². The van der Waals surface area contributed by atoms with Gasteiger partial charge in [0.1, 0.15) is 6.61 Å². The van der Waals surface area contributed by atoms with E-state index in [-0.39, 0.29) is 30.5 Å². The predicted molar refractivity (Wildman–Crippen MR) is 68.9 cm³/mol. The Kier molecular flexibility index (Phi) is 11.1. The van der Waals surface area contributed by atoms with E-state index >= 15 is 0 Å². The highest BCUT2D eigenvalue weighted by Gasteiger charge is 2.25. The van der Waals surface area contributed by atoms with Crippen molar-refractivity contribution in [2.75, 3.05) is 19.8 Å². The summed E-state index contributed by atoms with van der Waals surface area (Å²) in [5.41, 5.74) is 5.42. The van der Waals surface area contributed by atoms with Gasteiger partial charge in [-0.2, -0.15) is 0 Å². The Bertz CT molecular complexity index is 177. The van der Waals surface area contributed by atoms with Crippen LogP contribution in [0.25, 0.3) is 0 Å². The summed E-state index contributed by atoms with van der Waals surface area (Å²) in [6, 6.07) is 0. The molecule has 98 valence electrons. The lowest BCUT2D eigenvalue weighted by molar-refractivity contribution is -0.127. The first-order chi connectivity index (χ1) is 7.14. The first kappa shape index (κ1) is 18.1. The van der Waals surface area contributed by atoms with Crippen LogP contribution in [0, 0.1) is 0 Å². The fraction of sp³-hybridized carbons (Fsp3) is 0.909. The van der Waals surface area contributed by atoms with E-state index in [1.165, 1.54) is 0 Å². The minimum atomic E-state index is -0.257. The van der Waals surface area contributed by atoms with E-state index in [4.69, 9.17) is 10.5 Å². The largest absolute Gasteiger partial charge is 0.372 e. The molecular formula is C11H25ClN2O2. The summed E-state index contributed by atoms with van der Waals surface area (Å²) in [6.07, 6.45) is 2.62. The fourth-order valence-electron chi connectivity index (χ4n) is 1.41.